The van der Waals surface area contributed by atoms with Crippen LogP contribution < -0.4 is 0 Å². The summed E-state index contributed by atoms with van der Waals surface area (Å²) in [5.74, 6) is 0. The van der Waals surface area contributed by atoms with Gasteiger partial charge in [0.1, 0.15) is 0 Å². The van der Waals surface area contributed by atoms with Gasteiger partial charge in [0.05, 0.1) is 6.61 Å². The molecule has 3 heterocycles. The van der Waals surface area contributed by atoms with Crippen LogP contribution in [0.1, 0.15) is 58.9 Å². The molecular formula is C23H32N2OS. The third-order valence-corrected chi connectivity index (χ3v) is 7.44. The second-order valence-corrected chi connectivity index (χ2v) is 9.79. The molecule has 1 aliphatic heterocycles. The highest BCUT2D eigenvalue weighted by Gasteiger charge is 2.42. The van der Waals surface area contributed by atoms with E-state index >= 15 is 0 Å². The molecule has 4 heteroatoms. The summed E-state index contributed by atoms with van der Waals surface area (Å²) in [5.41, 5.74) is 4.25. The molecule has 4 rings (SSSR count). The SMILES string of the molecule is CCOCC1(CCc2ccc(C)s2)CCN(C2CCc3nc(C)ccc32)C1. The number of hydrogen-bond acceptors (Lipinski definition) is 4. The molecule has 0 amide bonds. The molecule has 146 valence electrons. The van der Waals surface area contributed by atoms with E-state index in [0.29, 0.717) is 11.5 Å². The van der Waals surface area contributed by atoms with Crippen molar-refractivity contribution in [2.75, 3.05) is 26.3 Å². The van der Waals surface area contributed by atoms with Gasteiger partial charge in [-0.1, -0.05) is 6.07 Å². The van der Waals surface area contributed by atoms with Crippen molar-refractivity contribution in [2.24, 2.45) is 5.41 Å². The van der Waals surface area contributed by atoms with Crippen LogP contribution in [0.5, 0.6) is 0 Å². The van der Waals surface area contributed by atoms with E-state index in [9.17, 15) is 0 Å². The first-order valence-electron chi connectivity index (χ1n) is 10.4. The molecule has 0 bridgehead atoms. The number of hydrogen-bond donors (Lipinski definition) is 0. The molecule has 2 aromatic heterocycles. The Labute approximate surface area is 167 Å². The van der Waals surface area contributed by atoms with Crippen LogP contribution in [-0.4, -0.2) is 36.2 Å². The Balaban J connectivity index is 1.46. The lowest BCUT2D eigenvalue weighted by atomic mass is 9.83. The number of aryl methyl sites for hydroxylation is 4. The van der Waals surface area contributed by atoms with Crippen LogP contribution in [0.4, 0.5) is 0 Å². The van der Waals surface area contributed by atoms with Crippen molar-refractivity contribution in [2.45, 2.75) is 58.9 Å². The number of pyridine rings is 1. The first-order chi connectivity index (χ1) is 13.1. The van der Waals surface area contributed by atoms with Gasteiger partial charge in [0.15, 0.2) is 0 Å². The fourth-order valence-electron chi connectivity index (χ4n) is 4.89. The second-order valence-electron chi connectivity index (χ2n) is 8.41. The Morgan fingerprint density at radius 3 is 2.93 bits per heavy atom. The highest BCUT2D eigenvalue weighted by Crippen LogP contribution is 2.43. The minimum Gasteiger partial charge on any atom is -0.381 e. The Morgan fingerprint density at radius 1 is 1.26 bits per heavy atom. The minimum atomic E-state index is 0.300. The van der Waals surface area contributed by atoms with Crippen LogP contribution >= 0.6 is 11.3 Å². The quantitative estimate of drug-likeness (QED) is 0.663. The predicted molar refractivity (Wildman–Crippen MR) is 113 cm³/mol. The van der Waals surface area contributed by atoms with Gasteiger partial charge in [0, 0.05) is 45.8 Å². The zero-order valence-corrected chi connectivity index (χ0v) is 17.8. The maximum absolute atomic E-state index is 5.97. The average Bonchev–Trinajstić information content (AvgIpc) is 3.36. The molecular weight excluding hydrogens is 352 g/mol. The van der Waals surface area contributed by atoms with E-state index < -0.39 is 0 Å². The van der Waals surface area contributed by atoms with Crippen molar-refractivity contribution < 1.29 is 4.74 Å². The van der Waals surface area contributed by atoms with Crippen molar-refractivity contribution in [1.29, 1.82) is 0 Å². The Kier molecular flexibility index (Phi) is 5.68. The minimum absolute atomic E-state index is 0.300. The molecule has 2 atom stereocenters. The van der Waals surface area contributed by atoms with E-state index in [-0.39, 0.29) is 0 Å². The van der Waals surface area contributed by atoms with E-state index in [1.54, 1.807) is 0 Å². The molecule has 0 radical (unpaired) electrons. The molecule has 27 heavy (non-hydrogen) atoms. The summed E-state index contributed by atoms with van der Waals surface area (Å²) in [6, 6.07) is 9.62. The van der Waals surface area contributed by atoms with Crippen molar-refractivity contribution in [3.8, 4) is 0 Å². The monoisotopic (exact) mass is 384 g/mol. The van der Waals surface area contributed by atoms with Crippen LogP contribution in [0, 0.1) is 19.3 Å². The highest BCUT2D eigenvalue weighted by molar-refractivity contribution is 7.11. The Hall–Kier alpha value is -1.23. The average molecular weight is 385 g/mol. The number of fused-ring (bicyclic) bond motifs is 1. The molecule has 2 aromatic rings. The predicted octanol–water partition coefficient (Wildman–Crippen LogP) is 5.11. The number of rotatable bonds is 7. The van der Waals surface area contributed by atoms with E-state index in [2.05, 4.69) is 49.9 Å². The smallest absolute Gasteiger partial charge is 0.0535 e. The lowest BCUT2D eigenvalue weighted by Crippen LogP contribution is -2.33. The molecule has 3 nitrogen and oxygen atoms in total. The summed E-state index contributed by atoms with van der Waals surface area (Å²) >= 11 is 1.95. The van der Waals surface area contributed by atoms with Gasteiger partial charge < -0.3 is 4.74 Å². The largest absolute Gasteiger partial charge is 0.381 e. The normalized spacial score (nSPS) is 25.2. The number of thiophene rings is 1. The maximum Gasteiger partial charge on any atom is 0.0535 e. The van der Waals surface area contributed by atoms with Crippen molar-refractivity contribution in [1.82, 2.24) is 9.88 Å². The standard InChI is InChI=1S/C23H32N2OS/c1-4-26-16-23(12-11-19-7-6-18(3)27-19)13-14-25(15-23)22-10-9-21-20(22)8-5-17(2)24-21/h5-8,22H,4,9-16H2,1-3H3. The summed E-state index contributed by atoms with van der Waals surface area (Å²) in [5, 5.41) is 0. The van der Waals surface area contributed by atoms with Crippen LogP contribution in [0.15, 0.2) is 24.3 Å². The lowest BCUT2D eigenvalue weighted by Gasteiger charge is -2.31. The third-order valence-electron chi connectivity index (χ3n) is 6.38. The number of aromatic nitrogens is 1. The fourth-order valence-corrected chi connectivity index (χ4v) is 5.78. The Morgan fingerprint density at radius 2 is 2.15 bits per heavy atom. The number of ether oxygens (including phenoxy) is 1. The molecule has 2 aliphatic rings. The zero-order chi connectivity index (χ0) is 18.9. The first kappa shape index (κ1) is 19.1. The van der Waals surface area contributed by atoms with Crippen LogP contribution in [0.3, 0.4) is 0 Å². The highest BCUT2D eigenvalue weighted by atomic mass is 32.1. The summed E-state index contributed by atoms with van der Waals surface area (Å²) in [6.45, 7) is 10.5. The lowest BCUT2D eigenvalue weighted by molar-refractivity contribution is 0.0461. The van der Waals surface area contributed by atoms with E-state index in [4.69, 9.17) is 9.72 Å². The van der Waals surface area contributed by atoms with Crippen LogP contribution in [0.25, 0.3) is 0 Å². The topological polar surface area (TPSA) is 25.4 Å². The molecule has 1 aliphatic carbocycles. The van der Waals surface area contributed by atoms with Crippen LogP contribution in [0.2, 0.25) is 0 Å². The molecule has 1 saturated heterocycles. The summed E-state index contributed by atoms with van der Waals surface area (Å²) < 4.78 is 5.97. The Bertz CT molecular complexity index is 786. The molecule has 0 saturated carbocycles. The van der Waals surface area contributed by atoms with Gasteiger partial charge >= 0.3 is 0 Å². The molecule has 0 aromatic carbocycles. The summed E-state index contributed by atoms with van der Waals surface area (Å²) in [4.78, 5) is 10.5. The molecule has 1 fully saturated rings. The maximum atomic E-state index is 5.97. The zero-order valence-electron chi connectivity index (χ0n) is 17.0. The van der Waals surface area contributed by atoms with Crippen molar-refractivity contribution >= 4 is 11.3 Å². The van der Waals surface area contributed by atoms with Gasteiger partial charge in [0.25, 0.3) is 0 Å². The summed E-state index contributed by atoms with van der Waals surface area (Å²) in [7, 11) is 0. The first-order valence-corrected chi connectivity index (χ1v) is 11.2. The van der Waals surface area contributed by atoms with Gasteiger partial charge in [-0.3, -0.25) is 9.88 Å². The number of nitrogens with zero attached hydrogens (tertiary/aromatic N) is 2. The van der Waals surface area contributed by atoms with Gasteiger partial charge in [-0.25, -0.2) is 0 Å². The van der Waals surface area contributed by atoms with Gasteiger partial charge in [-0.15, -0.1) is 11.3 Å². The van der Waals surface area contributed by atoms with Crippen LogP contribution in [-0.2, 0) is 17.6 Å². The van der Waals surface area contributed by atoms with Crippen molar-refractivity contribution in [3.05, 3.63) is 51.0 Å². The molecule has 2 unspecified atom stereocenters. The number of likely N-dealkylation sites (tertiary alicyclic amines) is 1. The third kappa shape index (κ3) is 4.13. The second kappa shape index (κ2) is 8.02. The van der Waals surface area contributed by atoms with Gasteiger partial charge in [-0.05, 0) is 83.2 Å². The summed E-state index contributed by atoms with van der Waals surface area (Å²) in [6.07, 6.45) is 6.02. The fraction of sp³-hybridized carbons (Fsp3) is 0.609. The molecule has 0 N–H and O–H groups in total. The van der Waals surface area contributed by atoms with E-state index in [1.807, 2.05) is 11.3 Å². The van der Waals surface area contributed by atoms with Gasteiger partial charge in [0.2, 0.25) is 0 Å². The van der Waals surface area contributed by atoms with Crippen molar-refractivity contribution in [3.63, 3.8) is 0 Å². The van der Waals surface area contributed by atoms with E-state index in [0.717, 1.165) is 31.9 Å². The van der Waals surface area contributed by atoms with Gasteiger partial charge in [-0.2, -0.15) is 0 Å². The molecule has 0 spiro atoms. The van der Waals surface area contributed by atoms with E-state index in [1.165, 1.54) is 53.2 Å².